The molecule has 240 valence electrons. The van der Waals surface area contributed by atoms with Crippen LogP contribution in [0, 0.1) is 0 Å². The van der Waals surface area contributed by atoms with Crippen molar-refractivity contribution in [2.45, 2.75) is 74.9 Å². The van der Waals surface area contributed by atoms with Crippen molar-refractivity contribution in [2.75, 3.05) is 27.4 Å². The predicted octanol–water partition coefficient (Wildman–Crippen LogP) is 1.61. The van der Waals surface area contributed by atoms with E-state index in [1.165, 1.54) is 25.3 Å². The maximum atomic E-state index is 13.9. The topological polar surface area (TPSA) is 171 Å². The normalized spacial score (nSPS) is 33.9. The molecule has 0 saturated carbocycles. The van der Waals surface area contributed by atoms with Gasteiger partial charge in [0, 0.05) is 55.6 Å². The smallest absolute Gasteiger partial charge is 0.217 e. The van der Waals surface area contributed by atoms with Gasteiger partial charge in [-0.3, -0.25) is 19.3 Å². The Morgan fingerprint density at radius 3 is 2.56 bits per heavy atom. The first-order valence-electron chi connectivity index (χ1n) is 14.7. The van der Waals surface area contributed by atoms with Crippen LogP contribution in [-0.4, -0.2) is 107 Å². The second-order valence-corrected chi connectivity index (χ2v) is 12.4. The van der Waals surface area contributed by atoms with E-state index in [2.05, 4.69) is 17.5 Å². The molecule has 3 heterocycles. The Kier molecular flexibility index (Phi) is 7.49. The van der Waals surface area contributed by atoms with E-state index in [-0.39, 0.29) is 46.6 Å². The summed E-state index contributed by atoms with van der Waals surface area (Å²) in [6, 6.07) is 4.33. The maximum absolute atomic E-state index is 13.9. The van der Waals surface area contributed by atoms with Crippen LogP contribution in [0.2, 0.25) is 0 Å². The molecule has 0 bridgehead atoms. The first-order valence-corrected chi connectivity index (χ1v) is 15.1. The Labute approximate surface area is 263 Å². The highest BCUT2D eigenvalue weighted by Crippen LogP contribution is 2.53. The fourth-order valence-electron chi connectivity index (χ4n) is 7.49. The van der Waals surface area contributed by atoms with Crippen molar-refractivity contribution < 1.29 is 58.1 Å². The molecule has 3 aliphatic heterocycles. The maximum Gasteiger partial charge on any atom is 0.217 e. The van der Waals surface area contributed by atoms with Gasteiger partial charge in [-0.05, 0) is 13.0 Å². The third-order valence-electron chi connectivity index (χ3n) is 9.58. The quantitative estimate of drug-likeness (QED) is 0.234. The Balaban J connectivity index is 1.29. The summed E-state index contributed by atoms with van der Waals surface area (Å²) in [4.78, 5) is 42.3. The summed E-state index contributed by atoms with van der Waals surface area (Å²) in [7, 11) is 2.90. The largest absolute Gasteiger partial charge is 0.507 e. The standard InChI is InChI=1S/C31H33NO12S/c1-12-27-15(32-7-8-41-29(40-3)28(32)44-27)9-18(42-12)43-17-11-31(38,30(37)45)10-14-20(17)26(36)22-21(24(14)34)23(33)13-5-4-6-16(39-2)19(13)25(22)35/h4-6,12,15,17-18,27-29,34,36,38H,7-11H2,1-3H3,(H,37,45)/t12-,15-,17-,18-,27+,28+,29-,31-/m0/s1. The van der Waals surface area contributed by atoms with Gasteiger partial charge >= 0.3 is 0 Å². The molecule has 2 aromatic carbocycles. The van der Waals surface area contributed by atoms with Gasteiger partial charge in [0.15, 0.2) is 24.6 Å². The van der Waals surface area contributed by atoms with Crippen molar-refractivity contribution in [1.82, 2.24) is 4.90 Å². The van der Waals surface area contributed by atoms with Gasteiger partial charge in [0.2, 0.25) is 10.9 Å². The van der Waals surface area contributed by atoms with Crippen molar-refractivity contribution in [2.24, 2.45) is 0 Å². The molecule has 45 heavy (non-hydrogen) atoms. The van der Waals surface area contributed by atoms with E-state index in [9.17, 15) is 29.7 Å². The van der Waals surface area contributed by atoms with Crippen LogP contribution < -0.4 is 4.74 Å². The van der Waals surface area contributed by atoms with Gasteiger partial charge in [0.05, 0.1) is 42.6 Å². The Hall–Kier alpha value is -3.08. The highest BCUT2D eigenvalue weighted by molar-refractivity contribution is 7.96. The zero-order chi connectivity index (χ0) is 31.9. The van der Waals surface area contributed by atoms with Crippen LogP contribution in [0.15, 0.2) is 18.2 Å². The van der Waals surface area contributed by atoms with Gasteiger partial charge in [-0.15, -0.1) is 12.6 Å². The van der Waals surface area contributed by atoms with Crippen LogP contribution in [0.25, 0.3) is 0 Å². The van der Waals surface area contributed by atoms with Crippen molar-refractivity contribution in [1.29, 1.82) is 0 Å². The molecule has 2 aliphatic carbocycles. The lowest BCUT2D eigenvalue weighted by Crippen LogP contribution is -2.55. The summed E-state index contributed by atoms with van der Waals surface area (Å²) in [5.74, 6) is -2.53. The van der Waals surface area contributed by atoms with Crippen molar-refractivity contribution >= 4 is 29.3 Å². The number of ether oxygens (including phenoxy) is 6. The SMILES string of the molecule is COc1cccc2c1C(=O)c1c(O)c3c(c(O)c1C2=O)C[C@@](O)(C(=O)S)C[C@@H]3O[C@H]1C[C@H]2[C@H](O[C@@H]3[C@@H](OC)OCCN32)[C@H](C)O1. The van der Waals surface area contributed by atoms with Gasteiger partial charge < -0.3 is 43.7 Å². The van der Waals surface area contributed by atoms with Crippen LogP contribution in [-0.2, 0) is 34.9 Å². The summed E-state index contributed by atoms with van der Waals surface area (Å²) < 4.78 is 35.4. The minimum atomic E-state index is -2.12. The number of benzene rings is 2. The molecule has 3 saturated heterocycles. The second-order valence-electron chi connectivity index (χ2n) is 12.0. The minimum Gasteiger partial charge on any atom is -0.507 e. The number of ketones is 2. The molecule has 0 aromatic heterocycles. The zero-order valence-electron chi connectivity index (χ0n) is 24.7. The van der Waals surface area contributed by atoms with E-state index in [0.29, 0.717) is 19.6 Å². The number of nitrogens with zero attached hydrogens (tertiary/aromatic N) is 1. The number of hydrogen-bond acceptors (Lipinski definition) is 13. The third-order valence-corrected chi connectivity index (χ3v) is 9.99. The number of aromatic hydroxyl groups is 2. The molecule has 8 atom stereocenters. The fraction of sp³-hybridized carbons (Fsp3) is 0.516. The van der Waals surface area contributed by atoms with Gasteiger partial charge in [0.25, 0.3) is 0 Å². The minimum absolute atomic E-state index is 0.0132. The third kappa shape index (κ3) is 4.53. The number of carbonyl (C=O) groups excluding carboxylic acids is 3. The van der Waals surface area contributed by atoms with E-state index in [4.69, 9.17) is 28.4 Å². The van der Waals surface area contributed by atoms with Crippen LogP contribution in [0.4, 0.5) is 0 Å². The van der Waals surface area contributed by atoms with E-state index in [1.54, 1.807) is 7.11 Å². The van der Waals surface area contributed by atoms with Gasteiger partial charge in [-0.1, -0.05) is 12.1 Å². The fourth-order valence-corrected chi connectivity index (χ4v) is 7.66. The molecular weight excluding hydrogens is 610 g/mol. The molecule has 2 aromatic rings. The molecule has 7 rings (SSSR count). The highest BCUT2D eigenvalue weighted by atomic mass is 32.1. The van der Waals surface area contributed by atoms with Crippen molar-refractivity contribution in [3.63, 3.8) is 0 Å². The number of carbonyl (C=O) groups is 3. The van der Waals surface area contributed by atoms with Crippen molar-refractivity contribution in [3.8, 4) is 17.2 Å². The Morgan fingerprint density at radius 1 is 1.09 bits per heavy atom. The number of hydrogen-bond donors (Lipinski definition) is 4. The summed E-state index contributed by atoms with van der Waals surface area (Å²) in [5.41, 5.74) is -3.13. The van der Waals surface area contributed by atoms with Crippen molar-refractivity contribution in [3.05, 3.63) is 51.6 Å². The summed E-state index contributed by atoms with van der Waals surface area (Å²) >= 11 is 3.91. The molecule has 0 amide bonds. The number of rotatable bonds is 5. The molecule has 3 N–H and O–H groups in total. The van der Waals surface area contributed by atoms with E-state index < -0.39 is 82.3 Å². The second kappa shape index (κ2) is 11.0. The Bertz CT molecular complexity index is 1610. The van der Waals surface area contributed by atoms with E-state index in [1.807, 2.05) is 6.92 Å². The molecule has 5 aliphatic rings. The lowest BCUT2D eigenvalue weighted by Gasteiger charge is -2.43. The zero-order valence-corrected chi connectivity index (χ0v) is 25.6. The number of methoxy groups -OCH3 is 2. The molecular formula is C31H33NO12S. The molecule has 13 nitrogen and oxygen atoms in total. The predicted molar refractivity (Wildman–Crippen MR) is 156 cm³/mol. The number of thiol groups is 1. The molecule has 14 heteroatoms. The number of fused-ring (bicyclic) bond motifs is 6. The molecule has 3 fully saturated rings. The number of phenols is 2. The summed E-state index contributed by atoms with van der Waals surface area (Å²) in [6.07, 6.45) is -4.44. The van der Waals surface area contributed by atoms with Crippen LogP contribution >= 0.6 is 12.6 Å². The summed E-state index contributed by atoms with van der Waals surface area (Å²) in [6.45, 7) is 2.87. The first-order chi connectivity index (χ1) is 21.5. The summed E-state index contributed by atoms with van der Waals surface area (Å²) in [5, 5.41) is 33.8. The average Bonchev–Trinajstić information content (AvgIpc) is 3.40. The van der Waals surface area contributed by atoms with Gasteiger partial charge in [-0.25, -0.2) is 0 Å². The van der Waals surface area contributed by atoms with Crippen LogP contribution in [0.5, 0.6) is 17.2 Å². The van der Waals surface area contributed by atoms with E-state index >= 15 is 0 Å². The lowest BCUT2D eigenvalue weighted by molar-refractivity contribution is -0.256. The monoisotopic (exact) mass is 643 g/mol. The Morgan fingerprint density at radius 2 is 1.84 bits per heavy atom. The number of aliphatic hydroxyl groups is 1. The molecule has 0 spiro atoms. The van der Waals surface area contributed by atoms with Gasteiger partial charge in [-0.2, -0.15) is 0 Å². The number of phenolic OH excluding ortho intramolecular Hbond substituents is 2. The van der Waals surface area contributed by atoms with Crippen LogP contribution in [0.3, 0.4) is 0 Å². The average molecular weight is 644 g/mol. The first kappa shape index (κ1) is 30.6. The van der Waals surface area contributed by atoms with E-state index in [0.717, 1.165) is 0 Å². The van der Waals surface area contributed by atoms with Crippen LogP contribution in [0.1, 0.15) is 68.8 Å². The number of morpholine rings is 1. The molecule has 0 radical (unpaired) electrons. The lowest BCUT2D eigenvalue weighted by atomic mass is 9.73. The van der Waals surface area contributed by atoms with Gasteiger partial charge in [0.1, 0.15) is 29.0 Å². The molecule has 0 unspecified atom stereocenters. The highest BCUT2D eigenvalue weighted by Gasteiger charge is 2.55.